The number of hydrogen-bond donors (Lipinski definition) is 2. The second kappa shape index (κ2) is 7.01. The van der Waals surface area contributed by atoms with E-state index in [-0.39, 0.29) is 17.8 Å². The van der Waals surface area contributed by atoms with Crippen molar-refractivity contribution in [1.29, 1.82) is 0 Å². The predicted octanol–water partition coefficient (Wildman–Crippen LogP) is 2.38. The number of imidazole rings is 1. The highest BCUT2D eigenvalue weighted by atomic mass is 16.5. The monoisotopic (exact) mass is 353 g/mol. The van der Waals surface area contributed by atoms with E-state index in [4.69, 9.17) is 15.5 Å². The van der Waals surface area contributed by atoms with Crippen molar-refractivity contribution in [1.82, 2.24) is 19.5 Å². The Morgan fingerprint density at radius 2 is 2.04 bits per heavy atom. The lowest BCUT2D eigenvalue weighted by molar-refractivity contribution is 0.0291. The number of rotatable bonds is 4. The van der Waals surface area contributed by atoms with Crippen LogP contribution in [0.5, 0.6) is 0 Å². The number of hydrogen-bond acceptors (Lipinski definition) is 5. The lowest BCUT2D eigenvalue weighted by Crippen LogP contribution is -2.34. The average Bonchev–Trinajstić information content (AvgIpc) is 3.02. The van der Waals surface area contributed by atoms with Gasteiger partial charge in [-0.05, 0) is 18.4 Å². The van der Waals surface area contributed by atoms with E-state index in [2.05, 4.69) is 9.97 Å². The van der Waals surface area contributed by atoms with Gasteiger partial charge in [-0.2, -0.15) is 0 Å². The molecule has 1 saturated carbocycles. The summed E-state index contributed by atoms with van der Waals surface area (Å²) in [5.41, 5.74) is 8.75. The molecule has 4 rings (SSSR count). The molecule has 2 atom stereocenters. The maximum atomic E-state index is 12.6. The Hall–Kier alpha value is -2.51. The third-order valence-electron chi connectivity index (χ3n) is 5.21. The maximum absolute atomic E-state index is 12.6. The predicted molar refractivity (Wildman–Crippen MR) is 99.8 cm³/mol. The Bertz CT molecular complexity index is 960. The fourth-order valence-electron chi connectivity index (χ4n) is 3.80. The van der Waals surface area contributed by atoms with Crippen LogP contribution in [0.1, 0.15) is 37.3 Å². The average molecular weight is 353 g/mol. The third kappa shape index (κ3) is 2.93. The standard InChI is InChI=1S/C19H23N5O2/c1-26-16-5-3-2-4-15(16)24-18-14(22-19(24)25)11-21-17(23-18)13-8-6-12(10-20)7-9-13/h6-9,11,15-16H,2-5,10,20H2,1H3,(H,22,25). The molecule has 0 bridgehead atoms. The van der Waals surface area contributed by atoms with Gasteiger partial charge in [0.25, 0.3) is 0 Å². The van der Waals surface area contributed by atoms with Gasteiger partial charge in [0, 0.05) is 19.2 Å². The van der Waals surface area contributed by atoms with Crippen LogP contribution in [0.3, 0.4) is 0 Å². The molecule has 0 spiro atoms. The molecule has 7 heteroatoms. The fourth-order valence-corrected chi connectivity index (χ4v) is 3.80. The van der Waals surface area contributed by atoms with Gasteiger partial charge in [0.2, 0.25) is 0 Å². The number of ether oxygens (including phenoxy) is 1. The van der Waals surface area contributed by atoms with Crippen LogP contribution in [0.15, 0.2) is 35.3 Å². The van der Waals surface area contributed by atoms with Crippen LogP contribution in [-0.4, -0.2) is 32.7 Å². The smallest absolute Gasteiger partial charge is 0.328 e. The molecule has 26 heavy (non-hydrogen) atoms. The summed E-state index contributed by atoms with van der Waals surface area (Å²) in [7, 11) is 1.71. The summed E-state index contributed by atoms with van der Waals surface area (Å²) < 4.78 is 7.40. The highest BCUT2D eigenvalue weighted by Crippen LogP contribution is 2.31. The first kappa shape index (κ1) is 16.9. The van der Waals surface area contributed by atoms with Gasteiger partial charge < -0.3 is 15.5 Å². The maximum Gasteiger partial charge on any atom is 0.328 e. The van der Waals surface area contributed by atoms with E-state index in [1.807, 2.05) is 24.3 Å². The Morgan fingerprint density at radius 1 is 1.27 bits per heavy atom. The molecule has 1 aromatic carbocycles. The van der Waals surface area contributed by atoms with Crippen molar-refractivity contribution in [2.75, 3.05) is 7.11 Å². The molecular formula is C19H23N5O2. The first-order chi connectivity index (χ1) is 12.7. The first-order valence-corrected chi connectivity index (χ1v) is 9.00. The second-order valence-corrected chi connectivity index (χ2v) is 6.76. The van der Waals surface area contributed by atoms with Gasteiger partial charge in [0.1, 0.15) is 5.52 Å². The number of fused-ring (bicyclic) bond motifs is 1. The Kier molecular flexibility index (Phi) is 4.57. The molecule has 1 aliphatic rings. The lowest BCUT2D eigenvalue weighted by atomic mass is 9.92. The van der Waals surface area contributed by atoms with Crippen molar-refractivity contribution in [3.8, 4) is 11.4 Å². The molecule has 0 amide bonds. The van der Waals surface area contributed by atoms with Gasteiger partial charge in [-0.1, -0.05) is 37.1 Å². The number of nitrogens with one attached hydrogen (secondary N) is 1. The minimum Gasteiger partial charge on any atom is -0.379 e. The second-order valence-electron chi connectivity index (χ2n) is 6.76. The van der Waals surface area contributed by atoms with Gasteiger partial charge in [-0.25, -0.2) is 14.8 Å². The molecular weight excluding hydrogens is 330 g/mol. The summed E-state index contributed by atoms with van der Waals surface area (Å²) in [5, 5.41) is 0. The van der Waals surface area contributed by atoms with Crippen molar-refractivity contribution >= 4 is 11.2 Å². The molecule has 3 aromatic rings. The lowest BCUT2D eigenvalue weighted by Gasteiger charge is -2.30. The van der Waals surface area contributed by atoms with Crippen LogP contribution in [0.2, 0.25) is 0 Å². The molecule has 1 aliphatic carbocycles. The summed E-state index contributed by atoms with van der Waals surface area (Å²) in [6.07, 6.45) is 5.79. The van der Waals surface area contributed by atoms with Crippen LogP contribution in [0, 0.1) is 0 Å². The highest BCUT2D eigenvalue weighted by Gasteiger charge is 2.29. The summed E-state index contributed by atoms with van der Waals surface area (Å²) in [4.78, 5) is 24.6. The van der Waals surface area contributed by atoms with E-state index >= 15 is 0 Å². The van der Waals surface area contributed by atoms with Crippen LogP contribution in [0.4, 0.5) is 0 Å². The summed E-state index contributed by atoms with van der Waals surface area (Å²) >= 11 is 0. The van der Waals surface area contributed by atoms with Gasteiger partial charge in [-0.3, -0.25) is 4.57 Å². The molecule has 2 aromatic heterocycles. The van der Waals surface area contributed by atoms with Crippen LogP contribution < -0.4 is 11.4 Å². The van der Waals surface area contributed by atoms with E-state index in [0.29, 0.717) is 23.5 Å². The van der Waals surface area contributed by atoms with Gasteiger partial charge in [0.15, 0.2) is 11.5 Å². The molecule has 1 fully saturated rings. The van der Waals surface area contributed by atoms with Crippen molar-refractivity contribution in [3.63, 3.8) is 0 Å². The zero-order valence-electron chi connectivity index (χ0n) is 14.8. The van der Waals surface area contributed by atoms with Crippen molar-refractivity contribution in [2.45, 2.75) is 44.4 Å². The minimum atomic E-state index is -0.154. The number of aromatic amines is 1. The Balaban J connectivity index is 1.80. The SMILES string of the molecule is COC1CCCCC1n1c(=O)[nH]c2cnc(-c3ccc(CN)cc3)nc21. The molecule has 0 radical (unpaired) electrons. The highest BCUT2D eigenvalue weighted by molar-refractivity contribution is 5.73. The summed E-state index contributed by atoms with van der Waals surface area (Å²) in [6, 6.07) is 7.84. The summed E-state index contributed by atoms with van der Waals surface area (Å²) in [6.45, 7) is 0.498. The molecule has 0 saturated heterocycles. The normalized spacial score (nSPS) is 20.5. The number of methoxy groups -OCH3 is 1. The number of nitrogens with two attached hydrogens (primary N) is 1. The van der Waals surface area contributed by atoms with Crippen molar-refractivity contribution in [2.24, 2.45) is 5.73 Å². The molecule has 2 unspecified atom stereocenters. The topological polar surface area (TPSA) is 98.8 Å². The molecule has 136 valence electrons. The first-order valence-electron chi connectivity index (χ1n) is 9.00. The van der Waals surface area contributed by atoms with Crippen LogP contribution in [-0.2, 0) is 11.3 Å². The van der Waals surface area contributed by atoms with E-state index in [1.54, 1.807) is 17.9 Å². The number of nitrogens with zero attached hydrogens (tertiary/aromatic N) is 3. The summed E-state index contributed by atoms with van der Waals surface area (Å²) in [5.74, 6) is 0.596. The van der Waals surface area contributed by atoms with E-state index in [0.717, 1.165) is 36.8 Å². The van der Waals surface area contributed by atoms with E-state index in [9.17, 15) is 4.79 Å². The van der Waals surface area contributed by atoms with Gasteiger partial charge in [0.05, 0.1) is 18.3 Å². The fraction of sp³-hybridized carbons (Fsp3) is 0.421. The molecule has 2 heterocycles. The van der Waals surface area contributed by atoms with Gasteiger partial charge in [-0.15, -0.1) is 0 Å². The van der Waals surface area contributed by atoms with Crippen molar-refractivity contribution in [3.05, 3.63) is 46.5 Å². The quantitative estimate of drug-likeness (QED) is 0.750. The number of H-pyrrole nitrogens is 1. The van der Waals surface area contributed by atoms with E-state index in [1.165, 1.54) is 0 Å². The molecule has 3 N–H and O–H groups in total. The van der Waals surface area contributed by atoms with Crippen LogP contribution in [0.25, 0.3) is 22.6 Å². The number of aromatic nitrogens is 4. The zero-order valence-corrected chi connectivity index (χ0v) is 14.8. The molecule has 0 aliphatic heterocycles. The molecule has 7 nitrogen and oxygen atoms in total. The zero-order chi connectivity index (χ0) is 18.1. The third-order valence-corrected chi connectivity index (χ3v) is 5.21. The van der Waals surface area contributed by atoms with E-state index < -0.39 is 0 Å². The van der Waals surface area contributed by atoms with Gasteiger partial charge >= 0.3 is 5.69 Å². The Labute approximate surface area is 151 Å². The largest absolute Gasteiger partial charge is 0.379 e. The minimum absolute atomic E-state index is 0.00244. The Morgan fingerprint density at radius 3 is 2.77 bits per heavy atom. The number of benzene rings is 1. The van der Waals surface area contributed by atoms with Crippen molar-refractivity contribution < 1.29 is 4.74 Å². The van der Waals surface area contributed by atoms with Crippen LogP contribution >= 0.6 is 0 Å².